The number of benzene rings is 1. The van der Waals surface area contributed by atoms with Crippen LogP contribution in [0.2, 0.25) is 0 Å². The van der Waals surface area contributed by atoms with Crippen molar-refractivity contribution >= 4 is 17.2 Å². The van der Waals surface area contributed by atoms with Gasteiger partial charge < -0.3 is 9.64 Å². The lowest BCUT2D eigenvalue weighted by Gasteiger charge is -2.30. The predicted molar refractivity (Wildman–Crippen MR) is 88.4 cm³/mol. The number of nitrogens with zero attached hydrogens (tertiary/aromatic N) is 4. The third-order valence-electron chi connectivity index (χ3n) is 4.34. The molecule has 5 nitrogen and oxygen atoms in total. The van der Waals surface area contributed by atoms with E-state index >= 15 is 0 Å². The maximum atomic E-state index is 9.17. The van der Waals surface area contributed by atoms with Gasteiger partial charge in [0.15, 0.2) is 11.5 Å². The van der Waals surface area contributed by atoms with Crippen molar-refractivity contribution in [3.63, 3.8) is 0 Å². The molecule has 1 aromatic carbocycles. The summed E-state index contributed by atoms with van der Waals surface area (Å²) in [5.74, 6) is 1.56. The van der Waals surface area contributed by atoms with E-state index in [-0.39, 0.29) is 0 Å². The van der Waals surface area contributed by atoms with Gasteiger partial charge in [0, 0.05) is 12.7 Å². The minimum atomic E-state index is 0.308. The maximum absolute atomic E-state index is 9.17. The Morgan fingerprint density at radius 3 is 2.96 bits per heavy atom. The summed E-state index contributed by atoms with van der Waals surface area (Å²) in [6.45, 7) is 1.61. The third kappa shape index (κ3) is 2.42. The molecule has 1 aromatic heterocycles. The van der Waals surface area contributed by atoms with Crippen LogP contribution in [-0.2, 0) is 0 Å². The van der Waals surface area contributed by atoms with E-state index in [0.29, 0.717) is 24.2 Å². The van der Waals surface area contributed by atoms with Crippen LogP contribution in [0.3, 0.4) is 0 Å². The molecule has 0 unspecified atom stereocenters. The highest BCUT2D eigenvalue weighted by Crippen LogP contribution is 2.38. The molecule has 2 aliphatic heterocycles. The van der Waals surface area contributed by atoms with E-state index < -0.39 is 0 Å². The van der Waals surface area contributed by atoms with Crippen molar-refractivity contribution in [3.05, 3.63) is 48.2 Å². The van der Waals surface area contributed by atoms with E-state index in [1.54, 1.807) is 6.20 Å². The Balaban J connectivity index is 1.54. The number of anilines is 1. The molecule has 0 amide bonds. The van der Waals surface area contributed by atoms with Crippen LogP contribution in [0.4, 0.5) is 11.5 Å². The van der Waals surface area contributed by atoms with Crippen LogP contribution in [0.25, 0.3) is 0 Å². The number of pyridine rings is 1. The Labute approximate surface area is 134 Å². The van der Waals surface area contributed by atoms with Crippen molar-refractivity contribution in [1.82, 2.24) is 4.98 Å². The molecule has 0 saturated carbocycles. The Kier molecular flexibility index (Phi) is 3.43. The molecule has 2 aliphatic rings. The Morgan fingerprint density at radius 2 is 2.13 bits per heavy atom. The van der Waals surface area contributed by atoms with Crippen molar-refractivity contribution in [2.45, 2.75) is 18.9 Å². The SMILES string of the molecule is N#CC1=Nc2nccc(N3CCC[C@H]3COc3ccccc3)c21. The second kappa shape index (κ2) is 5.73. The lowest BCUT2D eigenvalue weighted by molar-refractivity contribution is 0.288. The Morgan fingerprint density at radius 1 is 1.26 bits per heavy atom. The molecular formula is C18H16N4O. The fraction of sp³-hybridized carbons (Fsp3) is 0.278. The second-order valence-corrected chi connectivity index (χ2v) is 5.71. The molecule has 0 bridgehead atoms. The molecule has 2 aromatic rings. The van der Waals surface area contributed by atoms with Crippen LogP contribution in [-0.4, -0.2) is 29.9 Å². The van der Waals surface area contributed by atoms with E-state index in [1.807, 2.05) is 36.4 Å². The first-order valence-electron chi connectivity index (χ1n) is 7.79. The van der Waals surface area contributed by atoms with Crippen molar-refractivity contribution in [2.75, 3.05) is 18.1 Å². The fourth-order valence-corrected chi connectivity index (χ4v) is 3.22. The van der Waals surface area contributed by atoms with Crippen molar-refractivity contribution in [2.24, 2.45) is 4.99 Å². The van der Waals surface area contributed by atoms with Crippen LogP contribution in [0.5, 0.6) is 5.75 Å². The van der Waals surface area contributed by atoms with Gasteiger partial charge in [-0.25, -0.2) is 9.98 Å². The molecule has 1 fully saturated rings. The number of aromatic nitrogens is 1. The molecule has 4 rings (SSSR count). The van der Waals surface area contributed by atoms with Crippen LogP contribution in [0.1, 0.15) is 18.4 Å². The van der Waals surface area contributed by atoms with Gasteiger partial charge in [-0.1, -0.05) is 18.2 Å². The average Bonchev–Trinajstić information content (AvgIpc) is 3.03. The standard InChI is InChI=1S/C18H16N4O/c19-11-15-17-16(8-9-20-18(17)21-15)22-10-4-5-13(22)12-23-14-6-2-1-3-7-14/h1-3,6-9,13H,4-5,10,12H2/t13-/m0/s1. The maximum Gasteiger partial charge on any atom is 0.165 e. The van der Waals surface area contributed by atoms with Crippen LogP contribution >= 0.6 is 0 Å². The summed E-state index contributed by atoms with van der Waals surface area (Å²) >= 11 is 0. The lowest BCUT2D eigenvalue weighted by atomic mass is 10.0. The highest BCUT2D eigenvalue weighted by atomic mass is 16.5. The summed E-state index contributed by atoms with van der Waals surface area (Å²) in [4.78, 5) is 10.7. The smallest absolute Gasteiger partial charge is 0.165 e. The lowest BCUT2D eigenvalue weighted by Crippen LogP contribution is -2.35. The summed E-state index contributed by atoms with van der Waals surface area (Å²) in [5.41, 5.74) is 2.43. The van der Waals surface area contributed by atoms with Gasteiger partial charge >= 0.3 is 0 Å². The van der Waals surface area contributed by atoms with Gasteiger partial charge in [0.05, 0.1) is 17.3 Å². The second-order valence-electron chi connectivity index (χ2n) is 5.71. The molecule has 1 atom stereocenters. The van der Waals surface area contributed by atoms with Crippen LogP contribution < -0.4 is 9.64 Å². The number of nitriles is 1. The average molecular weight is 304 g/mol. The number of hydrogen-bond donors (Lipinski definition) is 0. The summed E-state index contributed by atoms with van der Waals surface area (Å²) in [7, 11) is 0. The summed E-state index contributed by atoms with van der Waals surface area (Å²) in [5, 5.41) is 9.17. The first-order chi connectivity index (χ1) is 11.4. The van der Waals surface area contributed by atoms with E-state index in [0.717, 1.165) is 36.4 Å². The molecular weight excluding hydrogens is 288 g/mol. The zero-order valence-electron chi connectivity index (χ0n) is 12.6. The first kappa shape index (κ1) is 13.8. The minimum absolute atomic E-state index is 0.308. The number of rotatable bonds is 4. The summed E-state index contributed by atoms with van der Waals surface area (Å²) < 4.78 is 5.93. The molecule has 3 heterocycles. The predicted octanol–water partition coefficient (Wildman–Crippen LogP) is 3.09. The normalized spacial score (nSPS) is 18.7. The molecule has 5 heteroatoms. The van der Waals surface area contributed by atoms with Crippen molar-refractivity contribution in [3.8, 4) is 11.8 Å². The molecule has 0 aliphatic carbocycles. The molecule has 0 radical (unpaired) electrons. The van der Waals surface area contributed by atoms with Crippen LogP contribution in [0, 0.1) is 11.3 Å². The zero-order valence-corrected chi connectivity index (χ0v) is 12.6. The van der Waals surface area contributed by atoms with Gasteiger partial charge in [-0.3, -0.25) is 0 Å². The summed E-state index contributed by atoms with van der Waals surface area (Å²) in [6, 6.07) is 14.3. The van der Waals surface area contributed by atoms with Gasteiger partial charge in [-0.05, 0) is 31.0 Å². The first-order valence-corrected chi connectivity index (χ1v) is 7.79. The highest BCUT2D eigenvalue weighted by Gasteiger charge is 2.32. The van der Waals surface area contributed by atoms with Gasteiger partial charge in [0.2, 0.25) is 0 Å². The number of aliphatic imine (C=N–C) groups is 1. The Bertz CT molecular complexity index is 794. The van der Waals surface area contributed by atoms with Gasteiger partial charge in [-0.2, -0.15) is 5.26 Å². The molecule has 0 N–H and O–H groups in total. The fourth-order valence-electron chi connectivity index (χ4n) is 3.22. The molecule has 114 valence electrons. The van der Waals surface area contributed by atoms with E-state index in [2.05, 4.69) is 20.9 Å². The van der Waals surface area contributed by atoms with Crippen LogP contribution in [0.15, 0.2) is 47.6 Å². The minimum Gasteiger partial charge on any atom is -0.491 e. The number of ether oxygens (including phenoxy) is 1. The van der Waals surface area contributed by atoms with E-state index in [4.69, 9.17) is 10.00 Å². The zero-order chi connectivity index (χ0) is 15.6. The number of para-hydroxylation sites is 1. The Hall–Kier alpha value is -2.87. The van der Waals surface area contributed by atoms with E-state index in [1.165, 1.54) is 0 Å². The number of hydrogen-bond acceptors (Lipinski definition) is 5. The van der Waals surface area contributed by atoms with Gasteiger partial charge in [-0.15, -0.1) is 0 Å². The van der Waals surface area contributed by atoms with Crippen molar-refractivity contribution in [1.29, 1.82) is 5.26 Å². The van der Waals surface area contributed by atoms with Crippen molar-refractivity contribution < 1.29 is 4.74 Å². The quantitative estimate of drug-likeness (QED) is 0.871. The van der Waals surface area contributed by atoms with E-state index in [9.17, 15) is 0 Å². The topological polar surface area (TPSA) is 61.5 Å². The molecule has 23 heavy (non-hydrogen) atoms. The molecule has 0 spiro atoms. The van der Waals surface area contributed by atoms with Gasteiger partial charge in [0.25, 0.3) is 0 Å². The summed E-state index contributed by atoms with van der Waals surface area (Å²) in [6.07, 6.45) is 3.97. The third-order valence-corrected chi connectivity index (χ3v) is 4.34. The number of fused-ring (bicyclic) bond motifs is 1. The largest absolute Gasteiger partial charge is 0.491 e. The highest BCUT2D eigenvalue weighted by molar-refractivity contribution is 6.23. The molecule has 1 saturated heterocycles. The monoisotopic (exact) mass is 304 g/mol. The van der Waals surface area contributed by atoms with Gasteiger partial charge in [0.1, 0.15) is 18.4 Å².